The number of hydrogen-bond donors (Lipinski definition) is 3. The number of likely N-dealkylation sites (tertiary alicyclic amines) is 1. The molecule has 0 saturated carbocycles. The van der Waals surface area contributed by atoms with Gasteiger partial charge in [0, 0.05) is 11.4 Å². The van der Waals surface area contributed by atoms with Gasteiger partial charge in [-0.05, 0) is 36.6 Å². The van der Waals surface area contributed by atoms with E-state index in [0.717, 1.165) is 11.3 Å². The Labute approximate surface area is 174 Å². The summed E-state index contributed by atoms with van der Waals surface area (Å²) in [5, 5.41) is 2.32. The van der Waals surface area contributed by atoms with Crippen molar-refractivity contribution in [2.75, 3.05) is 18.4 Å². The Kier molecular flexibility index (Phi) is 6.23. The molecule has 29 heavy (non-hydrogen) atoms. The van der Waals surface area contributed by atoms with E-state index in [1.54, 1.807) is 0 Å². The van der Waals surface area contributed by atoms with Gasteiger partial charge < -0.3 is 26.4 Å². The molecule has 4 amide bonds. The number of rotatable bonds is 4. The molecule has 1 atom stereocenters. The molecule has 1 fully saturated rings. The molecule has 5 N–H and O–H groups in total. The van der Waals surface area contributed by atoms with E-state index >= 15 is 0 Å². The molecule has 1 aliphatic rings. The van der Waals surface area contributed by atoms with Gasteiger partial charge in [0.05, 0.1) is 17.3 Å². The highest BCUT2D eigenvalue weighted by molar-refractivity contribution is 7.18. The number of nitrogens with zero attached hydrogens (tertiary/aromatic N) is 1. The van der Waals surface area contributed by atoms with E-state index in [1.807, 2.05) is 0 Å². The molecule has 0 aliphatic carbocycles. The first kappa shape index (κ1) is 20.9. The van der Waals surface area contributed by atoms with Gasteiger partial charge >= 0.3 is 18.0 Å². The highest BCUT2D eigenvalue weighted by Gasteiger charge is 2.28. The average molecular weight is 441 g/mol. The summed E-state index contributed by atoms with van der Waals surface area (Å²) < 4.78 is 19.0. The molecule has 2 heterocycles. The minimum Gasteiger partial charge on any atom is -0.456 e. The van der Waals surface area contributed by atoms with Gasteiger partial charge in [-0.15, -0.1) is 11.3 Å². The lowest BCUT2D eigenvalue weighted by Crippen LogP contribution is -2.46. The summed E-state index contributed by atoms with van der Waals surface area (Å²) in [6.45, 7) is 0.706. The van der Waals surface area contributed by atoms with E-state index in [2.05, 4.69) is 5.32 Å². The van der Waals surface area contributed by atoms with Gasteiger partial charge in [-0.25, -0.2) is 18.8 Å². The fraction of sp³-hybridized carbons (Fsp3) is 0.278. The maximum absolute atomic E-state index is 13.4. The molecular weight excluding hydrogens is 423 g/mol. The van der Waals surface area contributed by atoms with Crippen LogP contribution in [0.2, 0.25) is 5.02 Å². The number of thiophene rings is 1. The molecule has 0 bridgehead atoms. The Balaban J connectivity index is 1.85. The summed E-state index contributed by atoms with van der Waals surface area (Å²) in [7, 11) is 0. The van der Waals surface area contributed by atoms with Gasteiger partial charge in [-0.2, -0.15) is 0 Å². The van der Waals surface area contributed by atoms with E-state index in [9.17, 15) is 18.8 Å². The summed E-state index contributed by atoms with van der Waals surface area (Å²) in [5.74, 6) is -1.24. The Morgan fingerprint density at radius 2 is 2.03 bits per heavy atom. The Hall–Kier alpha value is -2.85. The Morgan fingerprint density at radius 3 is 2.69 bits per heavy atom. The van der Waals surface area contributed by atoms with Crippen LogP contribution in [0.3, 0.4) is 0 Å². The molecule has 1 aliphatic heterocycles. The summed E-state index contributed by atoms with van der Waals surface area (Å²) in [4.78, 5) is 37.5. The van der Waals surface area contributed by atoms with Gasteiger partial charge in [-0.3, -0.25) is 0 Å². The largest absolute Gasteiger partial charge is 0.456 e. The van der Waals surface area contributed by atoms with Crippen molar-refractivity contribution in [1.29, 1.82) is 0 Å². The molecule has 154 valence electrons. The fourth-order valence-corrected chi connectivity index (χ4v) is 4.17. The molecule has 11 heteroatoms. The van der Waals surface area contributed by atoms with Crippen LogP contribution in [0.25, 0.3) is 10.4 Å². The normalized spacial score (nSPS) is 16.3. The zero-order valence-electron chi connectivity index (χ0n) is 15.1. The summed E-state index contributed by atoms with van der Waals surface area (Å²) in [6, 6.07) is 4.23. The summed E-state index contributed by atoms with van der Waals surface area (Å²) >= 11 is 6.87. The minimum atomic E-state index is -0.849. The molecule has 8 nitrogen and oxygen atoms in total. The van der Waals surface area contributed by atoms with Gasteiger partial charge in [0.1, 0.15) is 16.8 Å². The number of anilines is 1. The third-order valence-electron chi connectivity index (χ3n) is 4.34. The second kappa shape index (κ2) is 8.66. The van der Waals surface area contributed by atoms with Crippen molar-refractivity contribution in [3.8, 4) is 10.4 Å². The van der Waals surface area contributed by atoms with Crippen molar-refractivity contribution in [1.82, 2.24) is 4.90 Å². The third-order valence-corrected chi connectivity index (χ3v) is 5.80. The number of urea groups is 2. The van der Waals surface area contributed by atoms with Crippen LogP contribution in [0, 0.1) is 5.82 Å². The molecule has 0 radical (unpaired) electrons. The minimum absolute atomic E-state index is 0.0711. The maximum atomic E-state index is 13.4. The first-order valence-electron chi connectivity index (χ1n) is 8.65. The zero-order chi connectivity index (χ0) is 21.1. The third kappa shape index (κ3) is 4.96. The lowest BCUT2D eigenvalue weighted by Gasteiger charge is -2.31. The van der Waals surface area contributed by atoms with Crippen molar-refractivity contribution < 1.29 is 23.5 Å². The summed E-state index contributed by atoms with van der Waals surface area (Å²) in [6.07, 6.45) is 0.715. The van der Waals surface area contributed by atoms with Crippen LogP contribution in [0.5, 0.6) is 0 Å². The van der Waals surface area contributed by atoms with Gasteiger partial charge in [0.25, 0.3) is 0 Å². The number of amides is 4. The number of carbonyl (C=O) groups excluding carboxylic acids is 3. The van der Waals surface area contributed by atoms with Gasteiger partial charge in [0.15, 0.2) is 0 Å². The predicted octanol–water partition coefficient (Wildman–Crippen LogP) is 3.40. The van der Waals surface area contributed by atoms with Crippen molar-refractivity contribution in [3.05, 3.63) is 40.0 Å². The van der Waals surface area contributed by atoms with E-state index in [4.69, 9.17) is 27.8 Å². The Morgan fingerprint density at radius 1 is 1.28 bits per heavy atom. The van der Waals surface area contributed by atoms with Crippen LogP contribution in [-0.2, 0) is 4.74 Å². The fourth-order valence-electron chi connectivity index (χ4n) is 3.00. The molecule has 0 spiro atoms. The van der Waals surface area contributed by atoms with E-state index in [-0.39, 0.29) is 22.1 Å². The average Bonchev–Trinajstić information content (AvgIpc) is 3.07. The predicted molar refractivity (Wildman–Crippen MR) is 108 cm³/mol. The Bertz CT molecular complexity index is 967. The number of benzene rings is 1. The van der Waals surface area contributed by atoms with Crippen molar-refractivity contribution in [2.45, 2.75) is 18.9 Å². The highest BCUT2D eigenvalue weighted by Crippen LogP contribution is 2.37. The lowest BCUT2D eigenvalue weighted by atomic mass is 10.1. The number of nitrogens with two attached hydrogens (primary N) is 2. The van der Waals surface area contributed by atoms with E-state index < -0.39 is 30.0 Å². The quantitative estimate of drug-likeness (QED) is 0.629. The van der Waals surface area contributed by atoms with Crippen molar-refractivity contribution in [2.24, 2.45) is 11.5 Å². The number of carbonyl (C=O) groups is 3. The molecule has 3 rings (SSSR count). The molecule has 1 saturated heterocycles. The number of primary amides is 2. The SMILES string of the molecule is NC(=O)Nc1cc(-c2ccc(F)c(Cl)c2)sc1C(=O)OC1CCCN(C(N)=O)C1. The maximum Gasteiger partial charge on any atom is 0.350 e. The molecule has 2 aromatic rings. The van der Waals surface area contributed by atoms with E-state index in [1.165, 1.54) is 29.2 Å². The number of halogens is 2. The van der Waals surface area contributed by atoms with Crippen molar-refractivity contribution in [3.63, 3.8) is 0 Å². The first-order valence-corrected chi connectivity index (χ1v) is 9.85. The smallest absolute Gasteiger partial charge is 0.350 e. The molecule has 1 aromatic carbocycles. The highest BCUT2D eigenvalue weighted by atomic mass is 35.5. The standard InChI is InChI=1S/C18H18ClFN4O4S/c19-11-6-9(3-4-12(11)20)14-7-13(23-17(21)26)15(29-14)16(25)28-10-2-1-5-24(8-10)18(22)27/h3-4,6-7,10H,1-2,5,8H2,(H2,22,27)(H3,21,23,26). The topological polar surface area (TPSA) is 128 Å². The van der Waals surface area contributed by atoms with Crippen LogP contribution in [0.15, 0.2) is 24.3 Å². The van der Waals surface area contributed by atoms with Crippen LogP contribution >= 0.6 is 22.9 Å². The van der Waals surface area contributed by atoms with Crippen LogP contribution in [-0.4, -0.2) is 42.1 Å². The van der Waals surface area contributed by atoms with Crippen LogP contribution in [0.1, 0.15) is 22.5 Å². The van der Waals surface area contributed by atoms with Crippen molar-refractivity contribution >= 4 is 46.7 Å². The zero-order valence-corrected chi connectivity index (χ0v) is 16.7. The van der Waals surface area contributed by atoms with Crippen LogP contribution in [0.4, 0.5) is 19.7 Å². The number of ether oxygens (including phenoxy) is 1. The molecule has 1 aromatic heterocycles. The second-order valence-electron chi connectivity index (χ2n) is 6.43. The first-order chi connectivity index (χ1) is 13.7. The molecular formula is C18H18ClFN4O4S. The van der Waals surface area contributed by atoms with Gasteiger partial charge in [-0.1, -0.05) is 17.7 Å². The molecule has 1 unspecified atom stereocenters. The number of esters is 1. The number of hydrogen-bond acceptors (Lipinski definition) is 5. The monoisotopic (exact) mass is 440 g/mol. The van der Waals surface area contributed by atoms with E-state index in [0.29, 0.717) is 29.8 Å². The second-order valence-corrected chi connectivity index (χ2v) is 7.88. The number of nitrogens with one attached hydrogen (secondary N) is 1. The van der Waals surface area contributed by atoms with Crippen LogP contribution < -0.4 is 16.8 Å². The van der Waals surface area contributed by atoms with Gasteiger partial charge in [0.2, 0.25) is 0 Å². The number of piperidine rings is 1. The lowest BCUT2D eigenvalue weighted by molar-refractivity contribution is 0.0134. The summed E-state index contributed by atoms with van der Waals surface area (Å²) in [5.41, 5.74) is 11.2.